The third-order valence-electron chi connectivity index (χ3n) is 4.05. The standard InChI is InChI=1S/C16H24N4O3/c1-16(2,3)23-15(22)20-7-6-12-11(9-20)13(19-18-12)14(21)17-8-10-4-5-10/h10H,4-9H2,1-3H3,(H,17,21)(H,18,19). The minimum atomic E-state index is -0.530. The highest BCUT2D eigenvalue weighted by molar-refractivity contribution is 5.94. The molecular formula is C16H24N4O3. The van der Waals surface area contributed by atoms with Crippen LogP contribution >= 0.6 is 0 Å². The van der Waals surface area contributed by atoms with Crippen molar-refractivity contribution < 1.29 is 14.3 Å². The third-order valence-corrected chi connectivity index (χ3v) is 4.05. The van der Waals surface area contributed by atoms with E-state index in [4.69, 9.17) is 4.74 Å². The van der Waals surface area contributed by atoms with Crippen LogP contribution in [0.5, 0.6) is 0 Å². The fourth-order valence-corrected chi connectivity index (χ4v) is 2.61. The van der Waals surface area contributed by atoms with Crippen molar-refractivity contribution in [2.24, 2.45) is 5.92 Å². The van der Waals surface area contributed by atoms with Gasteiger partial charge in [-0.15, -0.1) is 0 Å². The number of amides is 2. The summed E-state index contributed by atoms with van der Waals surface area (Å²) in [6.45, 7) is 7.15. The smallest absolute Gasteiger partial charge is 0.410 e. The lowest BCUT2D eigenvalue weighted by molar-refractivity contribution is 0.0222. The first-order valence-electron chi connectivity index (χ1n) is 8.16. The normalized spacial score (nSPS) is 17.6. The summed E-state index contributed by atoms with van der Waals surface area (Å²) in [4.78, 5) is 26.1. The summed E-state index contributed by atoms with van der Waals surface area (Å²) in [6, 6.07) is 0. The van der Waals surface area contributed by atoms with Crippen molar-refractivity contribution in [3.05, 3.63) is 17.0 Å². The Balaban J connectivity index is 1.67. The molecule has 0 radical (unpaired) electrons. The molecule has 1 aliphatic heterocycles. The Kier molecular flexibility index (Phi) is 4.04. The second-order valence-corrected chi connectivity index (χ2v) is 7.33. The number of rotatable bonds is 3. The third kappa shape index (κ3) is 3.83. The Labute approximate surface area is 135 Å². The molecule has 1 aliphatic carbocycles. The highest BCUT2D eigenvalue weighted by Crippen LogP contribution is 2.28. The van der Waals surface area contributed by atoms with Crippen LogP contribution < -0.4 is 5.32 Å². The van der Waals surface area contributed by atoms with Crippen LogP contribution in [0.4, 0.5) is 4.79 Å². The van der Waals surface area contributed by atoms with E-state index in [1.807, 2.05) is 20.8 Å². The maximum Gasteiger partial charge on any atom is 0.410 e. The predicted octanol–water partition coefficient (Wildman–Crippen LogP) is 1.84. The van der Waals surface area contributed by atoms with Crippen LogP contribution in [0.2, 0.25) is 0 Å². The van der Waals surface area contributed by atoms with Crippen molar-refractivity contribution >= 4 is 12.0 Å². The van der Waals surface area contributed by atoms with E-state index < -0.39 is 5.60 Å². The molecular weight excluding hydrogens is 296 g/mol. The van der Waals surface area contributed by atoms with Crippen molar-refractivity contribution in [2.45, 2.75) is 52.2 Å². The molecule has 1 fully saturated rings. The summed E-state index contributed by atoms with van der Waals surface area (Å²) < 4.78 is 5.41. The van der Waals surface area contributed by atoms with Crippen LogP contribution in [0.25, 0.3) is 0 Å². The lowest BCUT2D eigenvalue weighted by atomic mass is 10.1. The second kappa shape index (κ2) is 5.86. The van der Waals surface area contributed by atoms with Gasteiger partial charge in [0.15, 0.2) is 5.69 Å². The molecule has 1 aromatic heterocycles. The molecule has 3 rings (SSSR count). The molecule has 0 unspecified atom stereocenters. The maximum absolute atomic E-state index is 12.3. The zero-order valence-corrected chi connectivity index (χ0v) is 13.9. The highest BCUT2D eigenvalue weighted by Gasteiger charge is 2.31. The fourth-order valence-electron chi connectivity index (χ4n) is 2.61. The molecule has 7 heteroatoms. The first-order valence-corrected chi connectivity index (χ1v) is 8.16. The fraction of sp³-hybridized carbons (Fsp3) is 0.688. The van der Waals surface area contributed by atoms with E-state index in [1.54, 1.807) is 4.90 Å². The molecule has 0 atom stereocenters. The largest absolute Gasteiger partial charge is 0.444 e. The lowest BCUT2D eigenvalue weighted by Crippen LogP contribution is -2.40. The summed E-state index contributed by atoms with van der Waals surface area (Å²) in [5.41, 5.74) is 1.60. The number of fused-ring (bicyclic) bond motifs is 1. The number of hydrogen-bond acceptors (Lipinski definition) is 4. The summed E-state index contributed by atoms with van der Waals surface area (Å²) in [7, 11) is 0. The number of aromatic amines is 1. The Morgan fingerprint density at radius 1 is 1.39 bits per heavy atom. The van der Waals surface area contributed by atoms with E-state index in [0.717, 1.165) is 11.3 Å². The van der Waals surface area contributed by atoms with Gasteiger partial charge in [0, 0.05) is 30.8 Å². The molecule has 0 spiro atoms. The maximum atomic E-state index is 12.3. The van der Waals surface area contributed by atoms with Gasteiger partial charge in [-0.25, -0.2) is 4.79 Å². The molecule has 1 aromatic rings. The van der Waals surface area contributed by atoms with Crippen LogP contribution in [-0.2, 0) is 17.7 Å². The van der Waals surface area contributed by atoms with E-state index in [2.05, 4.69) is 15.5 Å². The van der Waals surface area contributed by atoms with E-state index in [1.165, 1.54) is 12.8 Å². The number of aromatic nitrogens is 2. The van der Waals surface area contributed by atoms with E-state index in [9.17, 15) is 9.59 Å². The van der Waals surface area contributed by atoms with Gasteiger partial charge < -0.3 is 15.0 Å². The molecule has 126 valence electrons. The van der Waals surface area contributed by atoms with Gasteiger partial charge in [-0.2, -0.15) is 5.10 Å². The molecule has 2 amide bonds. The molecule has 2 heterocycles. The Bertz CT molecular complexity index is 613. The van der Waals surface area contributed by atoms with Gasteiger partial charge in [0.1, 0.15) is 5.60 Å². The van der Waals surface area contributed by atoms with Crippen LogP contribution in [0.15, 0.2) is 0 Å². The number of nitrogens with zero attached hydrogens (tertiary/aromatic N) is 2. The Hall–Kier alpha value is -2.05. The Morgan fingerprint density at radius 2 is 2.13 bits per heavy atom. The van der Waals surface area contributed by atoms with Gasteiger partial charge in [0.05, 0.1) is 6.54 Å². The SMILES string of the molecule is CC(C)(C)OC(=O)N1CCc2[nH]nc(C(=O)NCC3CC3)c2C1. The molecule has 2 aliphatic rings. The summed E-state index contributed by atoms with van der Waals surface area (Å²) in [6.07, 6.45) is 2.67. The molecule has 7 nitrogen and oxygen atoms in total. The van der Waals surface area contributed by atoms with Gasteiger partial charge in [-0.3, -0.25) is 9.89 Å². The van der Waals surface area contributed by atoms with Crippen molar-refractivity contribution in [1.29, 1.82) is 0 Å². The molecule has 0 saturated heterocycles. The predicted molar refractivity (Wildman–Crippen MR) is 84.0 cm³/mol. The quantitative estimate of drug-likeness (QED) is 0.889. The van der Waals surface area contributed by atoms with Crippen LogP contribution in [0.1, 0.15) is 55.4 Å². The van der Waals surface area contributed by atoms with Gasteiger partial charge >= 0.3 is 6.09 Å². The van der Waals surface area contributed by atoms with Crippen molar-refractivity contribution in [2.75, 3.05) is 13.1 Å². The number of carbonyl (C=O) groups is 2. The molecule has 23 heavy (non-hydrogen) atoms. The first-order chi connectivity index (χ1) is 10.8. The van der Waals surface area contributed by atoms with Gasteiger partial charge in [-0.05, 0) is 39.5 Å². The van der Waals surface area contributed by atoms with Crippen LogP contribution in [-0.4, -0.2) is 45.8 Å². The lowest BCUT2D eigenvalue weighted by Gasteiger charge is -2.30. The highest BCUT2D eigenvalue weighted by atomic mass is 16.6. The van der Waals surface area contributed by atoms with Crippen LogP contribution in [0.3, 0.4) is 0 Å². The van der Waals surface area contributed by atoms with Crippen molar-refractivity contribution in [3.63, 3.8) is 0 Å². The molecule has 0 bridgehead atoms. The Morgan fingerprint density at radius 3 is 2.78 bits per heavy atom. The average Bonchev–Trinajstić information content (AvgIpc) is 3.20. The number of H-pyrrole nitrogens is 1. The van der Waals surface area contributed by atoms with E-state index in [-0.39, 0.29) is 12.0 Å². The van der Waals surface area contributed by atoms with Gasteiger partial charge in [0.2, 0.25) is 0 Å². The summed E-state index contributed by atoms with van der Waals surface area (Å²) in [5, 5.41) is 10.0. The van der Waals surface area contributed by atoms with Crippen molar-refractivity contribution in [1.82, 2.24) is 20.4 Å². The zero-order chi connectivity index (χ0) is 16.6. The van der Waals surface area contributed by atoms with E-state index in [0.29, 0.717) is 37.7 Å². The first kappa shape index (κ1) is 15.8. The number of carbonyl (C=O) groups excluding carboxylic acids is 2. The number of nitrogens with one attached hydrogen (secondary N) is 2. The monoisotopic (exact) mass is 320 g/mol. The minimum absolute atomic E-state index is 0.166. The minimum Gasteiger partial charge on any atom is -0.444 e. The van der Waals surface area contributed by atoms with Gasteiger partial charge in [-0.1, -0.05) is 0 Å². The molecule has 0 aromatic carbocycles. The molecule has 2 N–H and O–H groups in total. The molecule has 1 saturated carbocycles. The number of hydrogen-bond donors (Lipinski definition) is 2. The van der Waals surface area contributed by atoms with Crippen LogP contribution in [0, 0.1) is 5.92 Å². The summed E-state index contributed by atoms with van der Waals surface area (Å²) >= 11 is 0. The zero-order valence-electron chi connectivity index (χ0n) is 13.9. The topological polar surface area (TPSA) is 87.3 Å². The van der Waals surface area contributed by atoms with E-state index >= 15 is 0 Å². The number of ether oxygens (including phenoxy) is 1. The second-order valence-electron chi connectivity index (χ2n) is 7.33. The van der Waals surface area contributed by atoms with Crippen molar-refractivity contribution in [3.8, 4) is 0 Å². The summed E-state index contributed by atoms with van der Waals surface area (Å²) in [5.74, 6) is 0.451. The average molecular weight is 320 g/mol. The van der Waals surface area contributed by atoms with Gasteiger partial charge in [0.25, 0.3) is 5.91 Å².